The second kappa shape index (κ2) is 5.37. The number of hydrogen-bond donors (Lipinski definition) is 2. The summed E-state index contributed by atoms with van der Waals surface area (Å²) < 4.78 is 13.2. The van der Waals surface area contributed by atoms with Gasteiger partial charge in [0.15, 0.2) is 6.10 Å². The molecule has 0 spiro atoms. The highest BCUT2D eigenvalue weighted by Gasteiger charge is 2.20. The van der Waals surface area contributed by atoms with E-state index >= 15 is 0 Å². The van der Waals surface area contributed by atoms with Gasteiger partial charge in [0.1, 0.15) is 12.1 Å². The topological polar surface area (TPSA) is 74.6 Å². The highest BCUT2D eigenvalue weighted by Crippen LogP contribution is 2.19. The van der Waals surface area contributed by atoms with Crippen molar-refractivity contribution in [3.05, 3.63) is 35.1 Å². The van der Waals surface area contributed by atoms with Crippen LogP contribution in [0, 0.1) is 5.82 Å². The van der Waals surface area contributed by atoms with E-state index in [0.29, 0.717) is 12.0 Å². The summed E-state index contributed by atoms with van der Waals surface area (Å²) in [6, 6.07) is 3.80. The minimum Gasteiger partial charge on any atom is -0.479 e. The molecule has 0 saturated carbocycles. The second-order valence-electron chi connectivity index (χ2n) is 3.30. The zero-order valence-electron chi connectivity index (χ0n) is 8.39. The van der Waals surface area contributed by atoms with E-state index in [9.17, 15) is 19.1 Å². The van der Waals surface area contributed by atoms with Gasteiger partial charge in [0.2, 0.25) is 0 Å². The Balaban J connectivity index is 2.98. The van der Waals surface area contributed by atoms with E-state index in [1.165, 1.54) is 12.1 Å². The van der Waals surface area contributed by atoms with Crippen LogP contribution < -0.4 is 0 Å². The van der Waals surface area contributed by atoms with Crippen LogP contribution >= 0.6 is 0 Å². The molecule has 0 aliphatic heterocycles. The van der Waals surface area contributed by atoms with Crippen LogP contribution in [0.1, 0.15) is 23.7 Å². The number of rotatable bonds is 5. The lowest BCUT2D eigenvalue weighted by Gasteiger charge is -2.08. The number of carboxylic acids is 1. The molecule has 0 amide bonds. The molecule has 0 bridgehead atoms. The van der Waals surface area contributed by atoms with E-state index in [1.54, 1.807) is 0 Å². The molecule has 2 N–H and O–H groups in total. The predicted octanol–water partition coefficient (Wildman–Crippen LogP) is 1.08. The van der Waals surface area contributed by atoms with Crippen LogP contribution in [-0.4, -0.2) is 22.5 Å². The minimum absolute atomic E-state index is 0.272. The smallest absolute Gasteiger partial charge is 0.337 e. The van der Waals surface area contributed by atoms with Gasteiger partial charge >= 0.3 is 5.97 Å². The molecule has 1 atom stereocenters. The van der Waals surface area contributed by atoms with Gasteiger partial charge in [-0.25, -0.2) is 9.18 Å². The zero-order chi connectivity index (χ0) is 12.1. The standard InChI is InChI=1S/C11H11FO4/c12-9-4-3-7(2-1-5-13)6-8(9)10(14)11(15)16/h3-6,10,14H,1-2H2,(H,15,16). The van der Waals surface area contributed by atoms with Crippen molar-refractivity contribution in [3.63, 3.8) is 0 Å². The van der Waals surface area contributed by atoms with Crippen LogP contribution in [0.15, 0.2) is 18.2 Å². The van der Waals surface area contributed by atoms with Gasteiger partial charge in [0, 0.05) is 12.0 Å². The number of aldehydes is 1. The van der Waals surface area contributed by atoms with Crippen molar-refractivity contribution in [1.82, 2.24) is 0 Å². The molecule has 0 fully saturated rings. The maximum absolute atomic E-state index is 13.2. The first kappa shape index (κ1) is 12.3. The summed E-state index contributed by atoms with van der Waals surface area (Å²) in [4.78, 5) is 20.7. The first-order valence-corrected chi connectivity index (χ1v) is 4.69. The lowest BCUT2D eigenvalue weighted by molar-refractivity contribution is -0.147. The maximum atomic E-state index is 13.2. The third-order valence-electron chi connectivity index (χ3n) is 2.14. The fraction of sp³-hybridized carbons (Fsp3) is 0.273. The average Bonchev–Trinajstić information content (AvgIpc) is 2.27. The van der Waals surface area contributed by atoms with Gasteiger partial charge in [0.05, 0.1) is 0 Å². The third kappa shape index (κ3) is 2.87. The summed E-state index contributed by atoms with van der Waals surface area (Å²) in [7, 11) is 0. The molecule has 0 aromatic heterocycles. The zero-order valence-corrected chi connectivity index (χ0v) is 8.39. The highest BCUT2D eigenvalue weighted by molar-refractivity contribution is 5.74. The molecule has 1 rings (SSSR count). The molecule has 0 aliphatic carbocycles. The van der Waals surface area contributed by atoms with Gasteiger partial charge in [-0.15, -0.1) is 0 Å². The van der Waals surface area contributed by atoms with E-state index in [1.807, 2.05) is 0 Å². The Bertz CT molecular complexity index is 403. The molecule has 4 nitrogen and oxygen atoms in total. The molecule has 1 aromatic carbocycles. The quantitative estimate of drug-likeness (QED) is 0.736. The maximum Gasteiger partial charge on any atom is 0.337 e. The van der Waals surface area contributed by atoms with Crippen molar-refractivity contribution in [2.24, 2.45) is 0 Å². The first-order valence-electron chi connectivity index (χ1n) is 4.69. The summed E-state index contributed by atoms with van der Waals surface area (Å²) in [6.45, 7) is 0. The van der Waals surface area contributed by atoms with Crippen LogP contribution in [0.25, 0.3) is 0 Å². The number of benzene rings is 1. The molecule has 1 aromatic rings. The number of hydrogen-bond acceptors (Lipinski definition) is 3. The molecular formula is C11H11FO4. The Morgan fingerprint density at radius 3 is 2.75 bits per heavy atom. The molecule has 0 saturated heterocycles. The number of carbonyl (C=O) groups is 2. The molecule has 5 heteroatoms. The van der Waals surface area contributed by atoms with Crippen LogP contribution in [0.2, 0.25) is 0 Å². The number of aliphatic hydroxyl groups is 1. The molecule has 0 aliphatic rings. The normalized spacial score (nSPS) is 12.1. The summed E-state index contributed by atoms with van der Waals surface area (Å²) in [6.07, 6.45) is -0.496. The SMILES string of the molecule is O=CCCc1ccc(F)c(C(O)C(=O)O)c1. The Hall–Kier alpha value is -1.75. The van der Waals surface area contributed by atoms with Crippen molar-refractivity contribution in [1.29, 1.82) is 0 Å². The molecule has 16 heavy (non-hydrogen) atoms. The third-order valence-corrected chi connectivity index (χ3v) is 2.14. The van der Waals surface area contributed by atoms with Gasteiger partial charge in [-0.2, -0.15) is 0 Å². The Labute approximate surface area is 91.3 Å². The number of carboxylic acid groups (broad SMARTS) is 1. The van der Waals surface area contributed by atoms with Crippen molar-refractivity contribution in [2.75, 3.05) is 0 Å². The van der Waals surface area contributed by atoms with Crippen molar-refractivity contribution >= 4 is 12.3 Å². The highest BCUT2D eigenvalue weighted by atomic mass is 19.1. The minimum atomic E-state index is -1.88. The van der Waals surface area contributed by atoms with Crippen LogP contribution in [-0.2, 0) is 16.0 Å². The monoisotopic (exact) mass is 226 g/mol. The molecule has 0 radical (unpaired) electrons. The van der Waals surface area contributed by atoms with Crippen LogP contribution in [0.5, 0.6) is 0 Å². The number of aliphatic hydroxyl groups excluding tert-OH is 1. The predicted molar refractivity (Wildman–Crippen MR) is 53.4 cm³/mol. The first-order chi connectivity index (χ1) is 7.56. The van der Waals surface area contributed by atoms with Gasteiger partial charge < -0.3 is 15.0 Å². The summed E-state index contributed by atoms with van der Waals surface area (Å²) in [5, 5.41) is 17.8. The average molecular weight is 226 g/mol. The molecular weight excluding hydrogens is 215 g/mol. The molecule has 86 valence electrons. The number of aryl methyl sites for hydroxylation is 1. The van der Waals surface area contributed by atoms with Gasteiger partial charge in [-0.3, -0.25) is 0 Å². The van der Waals surface area contributed by atoms with E-state index in [0.717, 1.165) is 12.4 Å². The largest absolute Gasteiger partial charge is 0.479 e. The van der Waals surface area contributed by atoms with Crippen molar-refractivity contribution in [3.8, 4) is 0 Å². The number of halogens is 1. The van der Waals surface area contributed by atoms with E-state index in [2.05, 4.69) is 0 Å². The Morgan fingerprint density at radius 1 is 1.50 bits per heavy atom. The molecule has 1 unspecified atom stereocenters. The van der Waals surface area contributed by atoms with Crippen molar-refractivity contribution in [2.45, 2.75) is 18.9 Å². The fourth-order valence-electron chi connectivity index (χ4n) is 1.32. The summed E-state index contributed by atoms with van der Waals surface area (Å²) in [5.41, 5.74) is 0.333. The Morgan fingerprint density at radius 2 is 2.19 bits per heavy atom. The fourth-order valence-corrected chi connectivity index (χ4v) is 1.32. The number of carbonyl (C=O) groups excluding carboxylic acids is 1. The Kier molecular flexibility index (Phi) is 4.13. The van der Waals surface area contributed by atoms with Crippen molar-refractivity contribution < 1.29 is 24.2 Å². The summed E-state index contributed by atoms with van der Waals surface area (Å²) in [5.74, 6) is -2.28. The lowest BCUT2D eigenvalue weighted by Crippen LogP contribution is -2.12. The van der Waals surface area contributed by atoms with Gasteiger partial charge in [-0.1, -0.05) is 6.07 Å². The van der Waals surface area contributed by atoms with Gasteiger partial charge in [-0.05, 0) is 24.1 Å². The molecule has 0 heterocycles. The van der Waals surface area contributed by atoms with E-state index < -0.39 is 17.9 Å². The summed E-state index contributed by atoms with van der Waals surface area (Å²) >= 11 is 0. The lowest BCUT2D eigenvalue weighted by atomic mass is 10.0. The van der Waals surface area contributed by atoms with E-state index in [-0.39, 0.29) is 12.0 Å². The van der Waals surface area contributed by atoms with E-state index in [4.69, 9.17) is 5.11 Å². The number of aliphatic carboxylic acids is 1. The van der Waals surface area contributed by atoms with Crippen LogP contribution in [0.4, 0.5) is 4.39 Å². The van der Waals surface area contributed by atoms with Gasteiger partial charge in [0.25, 0.3) is 0 Å². The van der Waals surface area contributed by atoms with Crippen LogP contribution in [0.3, 0.4) is 0 Å². The second-order valence-corrected chi connectivity index (χ2v) is 3.30.